The lowest BCUT2D eigenvalue weighted by Gasteiger charge is -2.17. The van der Waals surface area contributed by atoms with Crippen LogP contribution in [0.3, 0.4) is 0 Å². The van der Waals surface area contributed by atoms with Crippen molar-refractivity contribution in [3.8, 4) is 5.75 Å². The Bertz CT molecular complexity index is 362. The van der Waals surface area contributed by atoms with Gasteiger partial charge in [0.1, 0.15) is 5.75 Å². The number of rotatable bonds is 4. The van der Waals surface area contributed by atoms with Crippen molar-refractivity contribution in [2.45, 2.75) is 52.6 Å². The van der Waals surface area contributed by atoms with Crippen molar-refractivity contribution in [2.75, 3.05) is 0 Å². The van der Waals surface area contributed by atoms with Crippen molar-refractivity contribution in [1.29, 1.82) is 0 Å². The molecule has 1 aliphatic carbocycles. The van der Waals surface area contributed by atoms with E-state index in [2.05, 4.69) is 45.9 Å². The molecular weight excluding hydrogens is 196 g/mol. The van der Waals surface area contributed by atoms with E-state index in [9.17, 15) is 0 Å². The summed E-state index contributed by atoms with van der Waals surface area (Å²) in [7, 11) is 0. The predicted molar refractivity (Wildman–Crippen MR) is 67.9 cm³/mol. The van der Waals surface area contributed by atoms with Crippen LogP contribution >= 0.6 is 0 Å². The van der Waals surface area contributed by atoms with Crippen molar-refractivity contribution >= 4 is 0 Å². The van der Waals surface area contributed by atoms with E-state index in [1.165, 1.54) is 29.9 Å². The summed E-state index contributed by atoms with van der Waals surface area (Å²) in [5, 5.41) is 0. The van der Waals surface area contributed by atoms with Crippen LogP contribution in [0.5, 0.6) is 5.75 Å². The number of hydrogen-bond donors (Lipinski definition) is 0. The van der Waals surface area contributed by atoms with E-state index in [1.54, 1.807) is 0 Å². The molecule has 0 N–H and O–H groups in total. The van der Waals surface area contributed by atoms with Gasteiger partial charge in [-0.2, -0.15) is 0 Å². The van der Waals surface area contributed by atoms with Gasteiger partial charge in [0, 0.05) is 11.5 Å². The average molecular weight is 217 g/mol. The van der Waals surface area contributed by atoms with E-state index in [0.717, 1.165) is 11.7 Å². The van der Waals surface area contributed by atoms with Crippen LogP contribution in [-0.2, 0) is 0 Å². The molecule has 1 heteroatoms. The highest BCUT2D eigenvalue weighted by atomic mass is 16.5. The quantitative estimate of drug-likeness (QED) is 0.730. The topological polar surface area (TPSA) is 9.23 Å². The molecule has 0 atom stereocenters. The van der Waals surface area contributed by atoms with Gasteiger partial charge in [-0.3, -0.25) is 0 Å². The predicted octanol–water partition coefficient (Wildman–Crippen LogP) is 4.31. The van der Waals surface area contributed by atoms with Crippen LogP contribution in [-0.4, -0.2) is 6.10 Å². The van der Waals surface area contributed by atoms with Crippen LogP contribution in [0.15, 0.2) is 18.2 Å². The Morgan fingerprint density at radius 1 is 1.25 bits per heavy atom. The molecule has 0 spiro atoms. The highest BCUT2D eigenvalue weighted by Crippen LogP contribution is 2.42. The second-order valence-corrected chi connectivity index (χ2v) is 5.20. The summed E-state index contributed by atoms with van der Waals surface area (Å²) in [4.78, 5) is 0. The third-order valence-corrected chi connectivity index (χ3v) is 2.95. The first kappa shape index (κ1) is 11.5. The Balaban J connectivity index is 2.28. The lowest BCUT2D eigenvalue weighted by atomic mass is 9.98. The fraction of sp³-hybridized carbons (Fsp3) is 0.533. The van der Waals surface area contributed by atoms with Crippen molar-refractivity contribution in [2.24, 2.45) is 0 Å². The zero-order valence-electron chi connectivity index (χ0n) is 10.7. The van der Waals surface area contributed by atoms with Crippen LogP contribution in [0.4, 0.5) is 0 Å². The van der Waals surface area contributed by atoms with Crippen molar-refractivity contribution in [1.82, 2.24) is 0 Å². The van der Waals surface area contributed by atoms with Gasteiger partial charge in [-0.15, -0.1) is 0 Å². The first-order valence-corrected chi connectivity index (χ1v) is 6.19. The SMILES string of the molecule is C[C](C)c1cc(C2CC2)ccc1OC(C)C. The van der Waals surface area contributed by atoms with Crippen molar-refractivity contribution < 1.29 is 4.74 Å². The molecule has 1 nitrogen and oxygen atoms in total. The molecule has 1 aromatic carbocycles. The van der Waals surface area contributed by atoms with E-state index < -0.39 is 0 Å². The van der Waals surface area contributed by atoms with Gasteiger partial charge in [-0.25, -0.2) is 0 Å². The van der Waals surface area contributed by atoms with Gasteiger partial charge in [0.05, 0.1) is 6.10 Å². The summed E-state index contributed by atoms with van der Waals surface area (Å²) in [6.45, 7) is 8.45. The summed E-state index contributed by atoms with van der Waals surface area (Å²) in [6.07, 6.45) is 2.95. The summed E-state index contributed by atoms with van der Waals surface area (Å²) >= 11 is 0. The second kappa shape index (κ2) is 4.48. The van der Waals surface area contributed by atoms with E-state index in [4.69, 9.17) is 4.74 Å². The van der Waals surface area contributed by atoms with Gasteiger partial charge in [-0.05, 0) is 44.2 Å². The van der Waals surface area contributed by atoms with Crippen LogP contribution in [0.25, 0.3) is 0 Å². The molecule has 16 heavy (non-hydrogen) atoms. The summed E-state index contributed by atoms with van der Waals surface area (Å²) in [6, 6.07) is 6.67. The Hall–Kier alpha value is -0.980. The van der Waals surface area contributed by atoms with Gasteiger partial charge in [0.25, 0.3) is 0 Å². The van der Waals surface area contributed by atoms with E-state index in [0.29, 0.717) is 0 Å². The summed E-state index contributed by atoms with van der Waals surface area (Å²) < 4.78 is 5.84. The largest absolute Gasteiger partial charge is 0.491 e. The molecule has 0 bridgehead atoms. The van der Waals surface area contributed by atoms with E-state index in [1.807, 2.05) is 0 Å². The molecular formula is C15H21O. The van der Waals surface area contributed by atoms with E-state index >= 15 is 0 Å². The minimum absolute atomic E-state index is 0.241. The molecule has 1 saturated carbocycles. The van der Waals surface area contributed by atoms with Gasteiger partial charge in [0.2, 0.25) is 0 Å². The lowest BCUT2D eigenvalue weighted by Crippen LogP contribution is -2.08. The first-order valence-electron chi connectivity index (χ1n) is 6.19. The van der Waals surface area contributed by atoms with Crippen molar-refractivity contribution in [3.63, 3.8) is 0 Å². The first-order chi connectivity index (χ1) is 7.58. The molecule has 1 fully saturated rings. The number of ether oxygens (including phenoxy) is 1. The summed E-state index contributed by atoms with van der Waals surface area (Å²) in [5.74, 6) is 3.17. The Kier molecular flexibility index (Phi) is 3.22. The van der Waals surface area contributed by atoms with Crippen LogP contribution in [0.1, 0.15) is 57.6 Å². The Morgan fingerprint density at radius 2 is 1.94 bits per heavy atom. The fourth-order valence-electron chi connectivity index (χ4n) is 1.97. The normalized spacial score (nSPS) is 15.9. The second-order valence-electron chi connectivity index (χ2n) is 5.20. The summed E-state index contributed by atoms with van der Waals surface area (Å²) in [5.41, 5.74) is 2.76. The minimum atomic E-state index is 0.241. The van der Waals surface area contributed by atoms with E-state index in [-0.39, 0.29) is 6.10 Å². The third-order valence-electron chi connectivity index (χ3n) is 2.95. The minimum Gasteiger partial charge on any atom is -0.491 e. The van der Waals surface area contributed by atoms with Crippen molar-refractivity contribution in [3.05, 3.63) is 35.2 Å². The standard InChI is InChI=1S/C15H21O/c1-10(2)14-9-13(12-5-6-12)7-8-15(14)16-11(3)4/h7-9,11-12H,5-6H2,1-4H3. The molecule has 1 aromatic rings. The van der Waals surface area contributed by atoms with Gasteiger partial charge >= 0.3 is 0 Å². The molecule has 2 rings (SSSR count). The molecule has 1 aliphatic rings. The lowest BCUT2D eigenvalue weighted by molar-refractivity contribution is 0.240. The van der Waals surface area contributed by atoms with Crippen LogP contribution in [0.2, 0.25) is 0 Å². The molecule has 0 heterocycles. The molecule has 0 aromatic heterocycles. The number of benzene rings is 1. The molecule has 0 saturated heterocycles. The molecule has 87 valence electrons. The van der Waals surface area contributed by atoms with Gasteiger partial charge in [-0.1, -0.05) is 26.0 Å². The molecule has 0 aliphatic heterocycles. The maximum Gasteiger partial charge on any atom is 0.123 e. The highest BCUT2D eigenvalue weighted by molar-refractivity contribution is 5.46. The molecule has 1 radical (unpaired) electrons. The van der Waals surface area contributed by atoms with Crippen LogP contribution in [0, 0.1) is 5.92 Å². The zero-order chi connectivity index (χ0) is 11.7. The Labute approximate surface area is 98.8 Å². The zero-order valence-corrected chi connectivity index (χ0v) is 10.7. The molecule has 0 unspecified atom stereocenters. The Morgan fingerprint density at radius 3 is 2.44 bits per heavy atom. The smallest absolute Gasteiger partial charge is 0.123 e. The van der Waals surface area contributed by atoms with Crippen LogP contribution < -0.4 is 4.74 Å². The molecule has 0 amide bonds. The van der Waals surface area contributed by atoms with Gasteiger partial charge < -0.3 is 4.74 Å². The maximum absolute atomic E-state index is 5.84. The third kappa shape index (κ3) is 2.58. The highest BCUT2D eigenvalue weighted by Gasteiger charge is 2.24. The number of hydrogen-bond acceptors (Lipinski definition) is 1. The average Bonchev–Trinajstić information content (AvgIpc) is 3.00. The monoisotopic (exact) mass is 217 g/mol. The maximum atomic E-state index is 5.84. The fourth-order valence-corrected chi connectivity index (χ4v) is 1.97. The van der Waals surface area contributed by atoms with Gasteiger partial charge in [0.15, 0.2) is 0 Å².